The van der Waals surface area contributed by atoms with Gasteiger partial charge in [0.05, 0.1) is 0 Å². The van der Waals surface area contributed by atoms with Gasteiger partial charge >= 0.3 is 0 Å². The normalized spacial score (nSPS) is 30.8. The van der Waals surface area contributed by atoms with Crippen LogP contribution in [0.4, 0.5) is 8.78 Å². The SMILES string of the molecule is NNC(Cc1ccc(F)c(F)c1)C1CC2CCC1C2. The van der Waals surface area contributed by atoms with Crippen molar-refractivity contribution in [2.45, 2.75) is 38.1 Å². The molecule has 2 aliphatic carbocycles. The predicted octanol–water partition coefficient (Wildman–Crippen LogP) is 2.78. The van der Waals surface area contributed by atoms with E-state index in [0.717, 1.165) is 17.4 Å². The molecule has 0 radical (unpaired) electrons. The smallest absolute Gasteiger partial charge is 0.159 e. The zero-order valence-electron chi connectivity index (χ0n) is 10.9. The fourth-order valence-corrected chi connectivity index (χ4v) is 4.04. The molecule has 2 saturated carbocycles. The Labute approximate surface area is 112 Å². The summed E-state index contributed by atoms with van der Waals surface area (Å²) in [6.45, 7) is 0. The first-order valence-electron chi connectivity index (χ1n) is 7.07. The maximum atomic E-state index is 13.2. The molecule has 4 unspecified atom stereocenters. The van der Waals surface area contributed by atoms with Crippen LogP contribution in [0.3, 0.4) is 0 Å². The molecule has 0 aromatic heterocycles. The minimum atomic E-state index is -0.791. The van der Waals surface area contributed by atoms with E-state index in [4.69, 9.17) is 5.84 Å². The molecule has 3 N–H and O–H groups in total. The summed E-state index contributed by atoms with van der Waals surface area (Å²) >= 11 is 0. The van der Waals surface area contributed by atoms with Gasteiger partial charge in [-0.05, 0) is 61.1 Å². The Hall–Kier alpha value is -1.00. The van der Waals surface area contributed by atoms with Crippen LogP contribution in [0, 0.1) is 29.4 Å². The van der Waals surface area contributed by atoms with Crippen molar-refractivity contribution >= 4 is 0 Å². The second-order valence-electron chi connectivity index (χ2n) is 6.06. The summed E-state index contributed by atoms with van der Waals surface area (Å²) in [4.78, 5) is 0. The number of rotatable bonds is 4. The van der Waals surface area contributed by atoms with E-state index >= 15 is 0 Å². The predicted molar refractivity (Wildman–Crippen MR) is 70.1 cm³/mol. The lowest BCUT2D eigenvalue weighted by Gasteiger charge is -2.30. The van der Waals surface area contributed by atoms with Crippen molar-refractivity contribution in [2.24, 2.45) is 23.6 Å². The van der Waals surface area contributed by atoms with Gasteiger partial charge in [-0.25, -0.2) is 8.78 Å². The van der Waals surface area contributed by atoms with Crippen molar-refractivity contribution in [3.05, 3.63) is 35.4 Å². The lowest BCUT2D eigenvalue weighted by molar-refractivity contribution is 0.248. The molecule has 2 fully saturated rings. The zero-order chi connectivity index (χ0) is 13.4. The van der Waals surface area contributed by atoms with Crippen LogP contribution in [0.1, 0.15) is 31.2 Å². The summed E-state index contributed by atoms with van der Waals surface area (Å²) in [5.74, 6) is 6.31. The molecule has 4 heteroatoms. The van der Waals surface area contributed by atoms with Crippen LogP contribution in [-0.2, 0) is 6.42 Å². The first kappa shape index (κ1) is 13.0. The quantitative estimate of drug-likeness (QED) is 0.649. The van der Waals surface area contributed by atoms with Gasteiger partial charge < -0.3 is 0 Å². The van der Waals surface area contributed by atoms with Crippen molar-refractivity contribution in [3.63, 3.8) is 0 Å². The van der Waals surface area contributed by atoms with Gasteiger partial charge in [0.25, 0.3) is 0 Å². The van der Waals surface area contributed by atoms with Crippen molar-refractivity contribution in [1.29, 1.82) is 0 Å². The third-order valence-electron chi connectivity index (χ3n) is 4.96. The summed E-state index contributed by atoms with van der Waals surface area (Å²) in [5, 5.41) is 0. The number of fused-ring (bicyclic) bond motifs is 2. The maximum Gasteiger partial charge on any atom is 0.159 e. The lowest BCUT2D eigenvalue weighted by Crippen LogP contribution is -2.44. The van der Waals surface area contributed by atoms with Crippen molar-refractivity contribution in [1.82, 2.24) is 5.43 Å². The number of nitrogens with two attached hydrogens (primary N) is 1. The molecule has 0 aliphatic heterocycles. The van der Waals surface area contributed by atoms with Crippen LogP contribution in [0.2, 0.25) is 0 Å². The van der Waals surface area contributed by atoms with E-state index in [9.17, 15) is 8.78 Å². The Morgan fingerprint density at radius 2 is 2.05 bits per heavy atom. The number of nitrogens with one attached hydrogen (secondary N) is 1. The van der Waals surface area contributed by atoms with Gasteiger partial charge in [0.1, 0.15) is 0 Å². The first-order valence-corrected chi connectivity index (χ1v) is 7.07. The molecule has 0 spiro atoms. The molecule has 0 heterocycles. The highest BCUT2D eigenvalue weighted by Crippen LogP contribution is 2.49. The Balaban J connectivity index is 1.71. The van der Waals surface area contributed by atoms with E-state index in [1.165, 1.54) is 37.8 Å². The van der Waals surface area contributed by atoms with Crippen LogP contribution < -0.4 is 11.3 Å². The summed E-state index contributed by atoms with van der Waals surface area (Å²) in [6, 6.07) is 4.29. The standard InChI is InChI=1S/C15H20F2N2/c16-13-4-2-10(7-14(13)17)8-15(19-18)12-6-9-1-3-11(12)5-9/h2,4,7,9,11-12,15,19H,1,3,5-6,8,18H2. The summed E-state index contributed by atoms with van der Waals surface area (Å²) < 4.78 is 26.2. The van der Waals surface area contributed by atoms with E-state index in [1.807, 2.05) is 0 Å². The van der Waals surface area contributed by atoms with Gasteiger partial charge in [0.15, 0.2) is 11.6 Å². The Morgan fingerprint density at radius 1 is 1.21 bits per heavy atom. The monoisotopic (exact) mass is 266 g/mol. The van der Waals surface area contributed by atoms with Crippen LogP contribution in [0.5, 0.6) is 0 Å². The van der Waals surface area contributed by atoms with Crippen molar-refractivity contribution < 1.29 is 8.78 Å². The van der Waals surface area contributed by atoms with Crippen LogP contribution in [-0.4, -0.2) is 6.04 Å². The minimum absolute atomic E-state index is 0.167. The molecule has 19 heavy (non-hydrogen) atoms. The molecular formula is C15H20F2N2. The topological polar surface area (TPSA) is 38.0 Å². The number of hydrogen-bond donors (Lipinski definition) is 2. The van der Waals surface area contributed by atoms with Crippen LogP contribution >= 0.6 is 0 Å². The molecule has 0 saturated heterocycles. The van der Waals surface area contributed by atoms with E-state index in [2.05, 4.69) is 5.43 Å². The highest BCUT2D eigenvalue weighted by Gasteiger charge is 2.42. The maximum absolute atomic E-state index is 13.2. The molecule has 1 aromatic rings. The number of benzene rings is 1. The molecule has 1 aromatic carbocycles. The molecule has 2 bridgehead atoms. The lowest BCUT2D eigenvalue weighted by atomic mass is 9.81. The van der Waals surface area contributed by atoms with Gasteiger partial charge in [-0.1, -0.05) is 12.5 Å². The molecule has 4 atom stereocenters. The highest BCUT2D eigenvalue weighted by molar-refractivity contribution is 5.19. The minimum Gasteiger partial charge on any atom is -0.271 e. The Morgan fingerprint density at radius 3 is 2.63 bits per heavy atom. The second-order valence-corrected chi connectivity index (χ2v) is 6.06. The molecule has 0 amide bonds. The van der Waals surface area contributed by atoms with E-state index < -0.39 is 11.6 Å². The van der Waals surface area contributed by atoms with Gasteiger partial charge in [-0.15, -0.1) is 0 Å². The van der Waals surface area contributed by atoms with Crippen LogP contribution in [0.25, 0.3) is 0 Å². The van der Waals surface area contributed by atoms with Crippen molar-refractivity contribution in [2.75, 3.05) is 0 Å². The summed E-state index contributed by atoms with van der Waals surface area (Å²) in [7, 11) is 0. The number of halogens is 2. The fourth-order valence-electron chi connectivity index (χ4n) is 4.04. The van der Waals surface area contributed by atoms with Crippen molar-refractivity contribution in [3.8, 4) is 0 Å². The summed E-state index contributed by atoms with van der Waals surface area (Å²) in [6.07, 6.45) is 5.86. The molecule has 2 nitrogen and oxygen atoms in total. The van der Waals surface area contributed by atoms with Gasteiger partial charge in [-0.3, -0.25) is 11.3 Å². The largest absolute Gasteiger partial charge is 0.271 e. The third-order valence-corrected chi connectivity index (χ3v) is 4.96. The van der Waals surface area contributed by atoms with Crippen LogP contribution in [0.15, 0.2) is 18.2 Å². The molecule has 2 aliphatic rings. The Kier molecular flexibility index (Phi) is 3.54. The molecule has 3 rings (SSSR count). The molecule has 104 valence electrons. The fraction of sp³-hybridized carbons (Fsp3) is 0.600. The van der Waals surface area contributed by atoms with Gasteiger partial charge in [-0.2, -0.15) is 0 Å². The second kappa shape index (κ2) is 5.17. The van der Waals surface area contributed by atoms with Gasteiger partial charge in [0, 0.05) is 6.04 Å². The van der Waals surface area contributed by atoms with Gasteiger partial charge in [0.2, 0.25) is 0 Å². The summed E-state index contributed by atoms with van der Waals surface area (Å²) in [5.41, 5.74) is 3.71. The average molecular weight is 266 g/mol. The number of hydrogen-bond acceptors (Lipinski definition) is 2. The zero-order valence-corrected chi connectivity index (χ0v) is 10.9. The van der Waals surface area contributed by atoms with E-state index in [0.29, 0.717) is 12.3 Å². The Bertz CT molecular complexity index is 463. The number of hydrazine groups is 1. The third kappa shape index (κ3) is 2.51. The van der Waals surface area contributed by atoms with E-state index in [1.54, 1.807) is 6.07 Å². The highest BCUT2D eigenvalue weighted by atomic mass is 19.2. The first-order chi connectivity index (χ1) is 9.17. The van der Waals surface area contributed by atoms with E-state index in [-0.39, 0.29) is 6.04 Å². The molecular weight excluding hydrogens is 246 g/mol. The average Bonchev–Trinajstić information content (AvgIpc) is 3.02.